The standard InChI is InChI=1S/C22H25ClN4O4S/c1-14(28)26-9-8-22(12-26)13-27(21(31)25-20-24-11-18(23)32-20)17-7-6-15(10-16(17)22)4-2-3-5-19(29)30/h6-7,10-11H,2-5,8-9,12-13H2,1H3,(H,29,30)(H,24,25,31). The lowest BCUT2D eigenvalue weighted by Gasteiger charge is -2.25. The molecular weight excluding hydrogens is 452 g/mol. The largest absolute Gasteiger partial charge is 0.481 e. The summed E-state index contributed by atoms with van der Waals surface area (Å²) in [6.07, 6.45) is 4.63. The van der Waals surface area contributed by atoms with Crippen LogP contribution in [0.5, 0.6) is 0 Å². The van der Waals surface area contributed by atoms with Crippen molar-refractivity contribution in [3.8, 4) is 0 Å². The molecule has 32 heavy (non-hydrogen) atoms. The van der Waals surface area contributed by atoms with E-state index in [9.17, 15) is 14.4 Å². The molecule has 1 aromatic carbocycles. The van der Waals surface area contributed by atoms with Gasteiger partial charge in [-0.2, -0.15) is 0 Å². The number of hydrogen-bond donors (Lipinski definition) is 2. The van der Waals surface area contributed by atoms with E-state index in [4.69, 9.17) is 16.7 Å². The molecule has 170 valence electrons. The molecule has 8 nitrogen and oxygen atoms in total. The summed E-state index contributed by atoms with van der Waals surface area (Å²) in [5.41, 5.74) is 2.72. The van der Waals surface area contributed by atoms with Gasteiger partial charge in [-0.05, 0) is 42.9 Å². The maximum absolute atomic E-state index is 13.1. The summed E-state index contributed by atoms with van der Waals surface area (Å²) in [7, 11) is 0. The molecule has 10 heteroatoms. The van der Waals surface area contributed by atoms with Crippen LogP contribution >= 0.6 is 22.9 Å². The van der Waals surface area contributed by atoms with E-state index in [-0.39, 0.29) is 23.8 Å². The van der Waals surface area contributed by atoms with Crippen molar-refractivity contribution in [1.82, 2.24) is 9.88 Å². The number of amides is 3. The minimum Gasteiger partial charge on any atom is -0.481 e. The van der Waals surface area contributed by atoms with Crippen molar-refractivity contribution in [1.29, 1.82) is 0 Å². The predicted octanol–water partition coefficient (Wildman–Crippen LogP) is 4.14. The number of hydrogen-bond acceptors (Lipinski definition) is 5. The summed E-state index contributed by atoms with van der Waals surface area (Å²) in [5.74, 6) is -0.745. The zero-order valence-electron chi connectivity index (χ0n) is 17.8. The fourth-order valence-electron chi connectivity index (χ4n) is 4.62. The smallest absolute Gasteiger partial charge is 0.328 e. The van der Waals surface area contributed by atoms with Crippen LogP contribution in [0.4, 0.5) is 15.6 Å². The van der Waals surface area contributed by atoms with E-state index in [2.05, 4.69) is 16.4 Å². The van der Waals surface area contributed by atoms with Crippen LogP contribution < -0.4 is 10.2 Å². The Labute approximate surface area is 195 Å². The topological polar surface area (TPSA) is 103 Å². The molecule has 1 atom stereocenters. The van der Waals surface area contributed by atoms with Gasteiger partial charge in [0.25, 0.3) is 0 Å². The van der Waals surface area contributed by atoms with E-state index >= 15 is 0 Å². The average molecular weight is 477 g/mol. The number of thiazole rings is 1. The Morgan fingerprint density at radius 2 is 2.09 bits per heavy atom. The number of carboxylic acids is 1. The number of carboxylic acid groups (broad SMARTS) is 1. The van der Waals surface area contributed by atoms with Gasteiger partial charge in [0.15, 0.2) is 5.13 Å². The second-order valence-corrected chi connectivity index (χ2v) is 10.1. The number of aromatic nitrogens is 1. The molecule has 3 heterocycles. The minimum absolute atomic E-state index is 0.0357. The number of urea groups is 1. The number of aryl methyl sites for hydroxylation is 1. The fourth-order valence-corrected chi connectivity index (χ4v) is 5.42. The number of likely N-dealkylation sites (tertiary alicyclic amines) is 1. The summed E-state index contributed by atoms with van der Waals surface area (Å²) in [6, 6.07) is 5.82. The van der Waals surface area contributed by atoms with E-state index < -0.39 is 5.97 Å². The number of nitrogens with one attached hydrogen (secondary N) is 1. The third-order valence-corrected chi connectivity index (χ3v) is 7.26. The summed E-state index contributed by atoms with van der Waals surface area (Å²) in [5, 5.41) is 12.1. The predicted molar refractivity (Wildman–Crippen MR) is 124 cm³/mol. The lowest BCUT2D eigenvalue weighted by Crippen LogP contribution is -2.41. The second kappa shape index (κ2) is 9.07. The third-order valence-electron chi connectivity index (χ3n) is 6.23. The van der Waals surface area contributed by atoms with Crippen LogP contribution in [0.2, 0.25) is 4.34 Å². The Balaban J connectivity index is 1.58. The summed E-state index contributed by atoms with van der Waals surface area (Å²) >= 11 is 7.14. The number of halogens is 1. The first-order valence-corrected chi connectivity index (χ1v) is 11.8. The quantitative estimate of drug-likeness (QED) is 0.610. The molecule has 2 N–H and O–H groups in total. The maximum atomic E-state index is 13.1. The zero-order chi connectivity index (χ0) is 22.9. The highest BCUT2D eigenvalue weighted by atomic mass is 35.5. The molecule has 3 amide bonds. The van der Waals surface area contributed by atoms with Crippen molar-refractivity contribution >= 4 is 51.7 Å². The molecule has 1 fully saturated rings. The number of aliphatic carboxylic acids is 1. The number of rotatable bonds is 6. The molecule has 1 spiro atoms. The summed E-state index contributed by atoms with van der Waals surface area (Å²) in [4.78, 5) is 43.6. The van der Waals surface area contributed by atoms with Gasteiger partial charge in [0.05, 0.1) is 6.20 Å². The van der Waals surface area contributed by atoms with Crippen molar-refractivity contribution < 1.29 is 19.5 Å². The lowest BCUT2D eigenvalue weighted by molar-refractivity contribution is -0.137. The van der Waals surface area contributed by atoms with E-state index in [1.54, 1.807) is 11.8 Å². The normalized spacial score (nSPS) is 19.4. The number of fused-ring (bicyclic) bond motifs is 2. The van der Waals surface area contributed by atoms with Gasteiger partial charge in [-0.1, -0.05) is 35.1 Å². The van der Waals surface area contributed by atoms with Crippen LogP contribution in [0.15, 0.2) is 24.4 Å². The van der Waals surface area contributed by atoms with Gasteiger partial charge in [0.2, 0.25) is 5.91 Å². The van der Waals surface area contributed by atoms with E-state index in [0.717, 1.165) is 36.1 Å². The Morgan fingerprint density at radius 1 is 1.28 bits per heavy atom. The van der Waals surface area contributed by atoms with Gasteiger partial charge in [0.1, 0.15) is 4.34 Å². The molecule has 1 saturated heterocycles. The molecule has 0 saturated carbocycles. The Bertz CT molecular complexity index is 1060. The van der Waals surface area contributed by atoms with Gasteiger partial charge in [-0.3, -0.25) is 19.8 Å². The molecule has 2 aliphatic rings. The van der Waals surface area contributed by atoms with Gasteiger partial charge >= 0.3 is 12.0 Å². The van der Waals surface area contributed by atoms with Gasteiger partial charge in [-0.15, -0.1) is 0 Å². The fraction of sp³-hybridized carbons (Fsp3) is 0.455. The molecular formula is C22H25ClN4O4S. The highest BCUT2D eigenvalue weighted by Crippen LogP contribution is 2.47. The number of nitrogens with zero attached hydrogens (tertiary/aromatic N) is 3. The molecule has 2 aromatic rings. The number of unbranched alkanes of at least 4 members (excludes halogenated alkanes) is 1. The molecule has 1 unspecified atom stereocenters. The number of carbonyl (C=O) groups excluding carboxylic acids is 2. The molecule has 0 aliphatic carbocycles. The molecule has 1 aromatic heterocycles. The van der Waals surface area contributed by atoms with Crippen LogP contribution in [-0.2, 0) is 21.4 Å². The van der Waals surface area contributed by atoms with Crippen molar-refractivity contribution in [2.75, 3.05) is 29.9 Å². The van der Waals surface area contributed by atoms with Gasteiger partial charge in [-0.25, -0.2) is 9.78 Å². The molecule has 2 aliphatic heterocycles. The van der Waals surface area contributed by atoms with Crippen molar-refractivity contribution in [2.24, 2.45) is 0 Å². The first kappa shape index (κ1) is 22.5. The molecule has 0 radical (unpaired) electrons. The highest BCUT2D eigenvalue weighted by Gasteiger charge is 2.49. The van der Waals surface area contributed by atoms with E-state index in [1.807, 2.05) is 17.0 Å². The number of benzene rings is 1. The van der Waals surface area contributed by atoms with Crippen LogP contribution in [0, 0.1) is 0 Å². The highest BCUT2D eigenvalue weighted by molar-refractivity contribution is 7.19. The van der Waals surface area contributed by atoms with Crippen molar-refractivity contribution in [2.45, 2.75) is 44.4 Å². The Morgan fingerprint density at radius 3 is 2.75 bits per heavy atom. The number of carbonyl (C=O) groups is 3. The monoisotopic (exact) mass is 476 g/mol. The van der Waals surface area contributed by atoms with E-state index in [1.165, 1.54) is 17.5 Å². The Kier molecular flexibility index (Phi) is 6.39. The maximum Gasteiger partial charge on any atom is 0.328 e. The van der Waals surface area contributed by atoms with Crippen molar-refractivity contribution in [3.05, 3.63) is 39.9 Å². The van der Waals surface area contributed by atoms with Crippen LogP contribution in [0.3, 0.4) is 0 Å². The van der Waals surface area contributed by atoms with E-state index in [0.29, 0.717) is 35.5 Å². The second-order valence-electron chi connectivity index (χ2n) is 8.41. The number of anilines is 2. The first-order chi connectivity index (χ1) is 15.3. The lowest BCUT2D eigenvalue weighted by atomic mass is 9.80. The van der Waals surface area contributed by atoms with Gasteiger partial charge < -0.3 is 10.0 Å². The molecule has 0 bridgehead atoms. The SMILES string of the molecule is CC(=O)N1CCC2(C1)CN(C(=O)Nc1ncc(Cl)s1)c1ccc(CCCCC(=O)O)cc12. The average Bonchev–Trinajstić information content (AvgIpc) is 3.44. The minimum atomic E-state index is -0.781. The van der Waals surface area contributed by atoms with Crippen molar-refractivity contribution in [3.63, 3.8) is 0 Å². The van der Waals surface area contributed by atoms with Crippen LogP contribution in [0.1, 0.15) is 43.7 Å². The third kappa shape index (κ3) is 4.59. The summed E-state index contributed by atoms with van der Waals surface area (Å²) in [6.45, 7) is 3.30. The van der Waals surface area contributed by atoms with Crippen LogP contribution in [-0.4, -0.2) is 52.5 Å². The molecule has 4 rings (SSSR count). The summed E-state index contributed by atoms with van der Waals surface area (Å²) < 4.78 is 0.499. The zero-order valence-corrected chi connectivity index (χ0v) is 19.3. The van der Waals surface area contributed by atoms with Crippen LogP contribution in [0.25, 0.3) is 0 Å². The first-order valence-electron chi connectivity index (χ1n) is 10.6. The Hall–Kier alpha value is -2.65. The van der Waals surface area contributed by atoms with Gasteiger partial charge in [0, 0.05) is 44.1 Å².